The Kier molecular flexibility index (Phi) is 6.31. The molecule has 0 unspecified atom stereocenters. The number of rotatable bonds is 6. The number of carbonyl (C=O) groups excluding carboxylic acids is 2. The van der Waals surface area contributed by atoms with Crippen molar-refractivity contribution in [1.82, 2.24) is 14.5 Å². The van der Waals surface area contributed by atoms with E-state index in [9.17, 15) is 9.59 Å². The van der Waals surface area contributed by atoms with Crippen LogP contribution in [-0.4, -0.2) is 34.2 Å². The SMILES string of the molecule is COc1nc(-c2cccc(-c3ccnc(-c4ccc5c(C=O)cn(C)c5c4)c3Cl)c2Cl)ccc1C=O. The largest absolute Gasteiger partial charge is 0.480 e. The van der Waals surface area contributed by atoms with Crippen LogP contribution in [0.2, 0.25) is 10.0 Å². The Morgan fingerprint density at radius 3 is 2.39 bits per heavy atom. The van der Waals surface area contributed by atoms with Gasteiger partial charge in [-0.1, -0.05) is 53.5 Å². The van der Waals surface area contributed by atoms with Gasteiger partial charge in [0.1, 0.15) is 0 Å². The third kappa shape index (κ3) is 3.94. The first kappa shape index (κ1) is 23.7. The van der Waals surface area contributed by atoms with Crippen molar-refractivity contribution in [3.63, 3.8) is 0 Å². The Hall–Kier alpha value is -4.00. The van der Waals surface area contributed by atoms with Crippen molar-refractivity contribution in [3.05, 3.63) is 88.2 Å². The molecule has 0 fully saturated rings. The zero-order chi connectivity index (χ0) is 25.4. The van der Waals surface area contributed by atoms with E-state index in [1.54, 1.807) is 24.5 Å². The standard InChI is InChI=1S/C28H19Cl2N3O3/c1-33-13-18(15-35)19-8-6-16(12-24(19)33)27-26(30)21(10-11-31-27)20-4-3-5-22(25(20)29)23-9-7-17(14-34)28(32-23)36-2/h3-15H,1-2H3. The van der Waals surface area contributed by atoms with Crippen LogP contribution in [0.25, 0.3) is 44.5 Å². The maximum Gasteiger partial charge on any atom is 0.224 e. The molecule has 0 aliphatic carbocycles. The molecule has 0 bridgehead atoms. The van der Waals surface area contributed by atoms with Gasteiger partial charge in [0, 0.05) is 58.2 Å². The third-order valence-corrected chi connectivity index (χ3v) is 6.88. The Morgan fingerprint density at radius 2 is 1.64 bits per heavy atom. The van der Waals surface area contributed by atoms with Gasteiger partial charge in [0.2, 0.25) is 5.88 Å². The molecule has 5 rings (SSSR count). The fraction of sp³-hybridized carbons (Fsp3) is 0.0714. The van der Waals surface area contributed by atoms with Gasteiger partial charge in [0.05, 0.1) is 34.1 Å². The highest BCUT2D eigenvalue weighted by molar-refractivity contribution is 6.39. The fourth-order valence-corrected chi connectivity index (χ4v) is 4.95. The molecule has 0 amide bonds. The second-order valence-corrected chi connectivity index (χ2v) is 8.90. The van der Waals surface area contributed by atoms with Crippen molar-refractivity contribution in [2.24, 2.45) is 7.05 Å². The molecular formula is C28H19Cl2N3O3. The van der Waals surface area contributed by atoms with Gasteiger partial charge in [0.25, 0.3) is 0 Å². The molecule has 0 N–H and O–H groups in total. The Balaban J connectivity index is 1.62. The molecular weight excluding hydrogens is 497 g/mol. The summed E-state index contributed by atoms with van der Waals surface area (Å²) in [6, 6.07) is 16.5. The molecule has 178 valence electrons. The lowest BCUT2D eigenvalue weighted by Gasteiger charge is -2.14. The Labute approximate surface area is 217 Å². The van der Waals surface area contributed by atoms with E-state index in [0.29, 0.717) is 55.5 Å². The van der Waals surface area contributed by atoms with Gasteiger partial charge in [-0.2, -0.15) is 0 Å². The van der Waals surface area contributed by atoms with Crippen molar-refractivity contribution in [2.45, 2.75) is 0 Å². The molecule has 0 atom stereocenters. The van der Waals surface area contributed by atoms with Gasteiger partial charge < -0.3 is 9.30 Å². The van der Waals surface area contributed by atoms with Gasteiger partial charge in [-0.25, -0.2) is 4.98 Å². The second kappa shape index (κ2) is 9.57. The number of benzene rings is 2. The van der Waals surface area contributed by atoms with Crippen LogP contribution in [0.5, 0.6) is 5.88 Å². The molecule has 0 radical (unpaired) electrons. The third-order valence-electron chi connectivity index (χ3n) is 6.09. The first-order chi connectivity index (χ1) is 17.5. The predicted molar refractivity (Wildman–Crippen MR) is 142 cm³/mol. The van der Waals surface area contributed by atoms with Gasteiger partial charge in [-0.3, -0.25) is 14.6 Å². The van der Waals surface area contributed by atoms with Crippen LogP contribution in [0.1, 0.15) is 20.7 Å². The number of carbonyl (C=O) groups is 2. The van der Waals surface area contributed by atoms with E-state index in [1.807, 2.05) is 54.1 Å². The number of aldehydes is 2. The van der Waals surface area contributed by atoms with E-state index >= 15 is 0 Å². The van der Waals surface area contributed by atoms with Gasteiger partial charge in [-0.05, 0) is 24.3 Å². The van der Waals surface area contributed by atoms with Crippen LogP contribution in [0, 0.1) is 0 Å². The number of fused-ring (bicyclic) bond motifs is 1. The zero-order valence-electron chi connectivity index (χ0n) is 19.3. The predicted octanol–water partition coefficient (Wildman–Crippen LogP) is 6.91. The highest BCUT2D eigenvalue weighted by Gasteiger charge is 2.18. The monoisotopic (exact) mass is 515 g/mol. The molecule has 0 aliphatic heterocycles. The maximum absolute atomic E-state index is 11.4. The summed E-state index contributed by atoms with van der Waals surface area (Å²) in [5.41, 5.74) is 5.96. The van der Waals surface area contributed by atoms with Crippen LogP contribution in [0.3, 0.4) is 0 Å². The number of halogens is 2. The van der Waals surface area contributed by atoms with Crippen molar-refractivity contribution >= 4 is 46.7 Å². The molecule has 8 heteroatoms. The summed E-state index contributed by atoms with van der Waals surface area (Å²) in [6.45, 7) is 0. The van der Waals surface area contributed by atoms with Crippen LogP contribution in [-0.2, 0) is 7.05 Å². The number of aromatic nitrogens is 3. The summed E-state index contributed by atoms with van der Waals surface area (Å²) in [5.74, 6) is 0.224. The zero-order valence-corrected chi connectivity index (χ0v) is 20.8. The number of ether oxygens (including phenoxy) is 1. The normalized spacial score (nSPS) is 11.0. The van der Waals surface area contributed by atoms with E-state index in [1.165, 1.54) is 7.11 Å². The van der Waals surface area contributed by atoms with Crippen LogP contribution in [0.4, 0.5) is 0 Å². The summed E-state index contributed by atoms with van der Waals surface area (Å²) < 4.78 is 7.15. The van der Waals surface area contributed by atoms with Gasteiger partial charge >= 0.3 is 0 Å². The molecule has 2 aromatic carbocycles. The summed E-state index contributed by atoms with van der Waals surface area (Å²) >= 11 is 13.8. The quantitative estimate of drug-likeness (QED) is 0.229. The summed E-state index contributed by atoms with van der Waals surface area (Å²) in [4.78, 5) is 31.6. The van der Waals surface area contributed by atoms with Crippen LogP contribution in [0.15, 0.2) is 67.0 Å². The van der Waals surface area contributed by atoms with E-state index in [2.05, 4.69) is 9.97 Å². The Bertz CT molecular complexity index is 1660. The summed E-state index contributed by atoms with van der Waals surface area (Å²) in [5, 5.41) is 1.77. The number of methoxy groups -OCH3 is 1. The van der Waals surface area contributed by atoms with Gasteiger partial charge in [0.15, 0.2) is 12.6 Å². The molecule has 0 saturated carbocycles. The molecule has 0 saturated heterocycles. The minimum Gasteiger partial charge on any atom is -0.480 e. The number of nitrogens with zero attached hydrogens (tertiary/aromatic N) is 3. The lowest BCUT2D eigenvalue weighted by Crippen LogP contribution is -1.96. The minimum atomic E-state index is 0.224. The lowest BCUT2D eigenvalue weighted by atomic mass is 9.99. The number of pyridine rings is 2. The van der Waals surface area contributed by atoms with Crippen LogP contribution < -0.4 is 4.74 Å². The molecule has 36 heavy (non-hydrogen) atoms. The van der Waals surface area contributed by atoms with E-state index in [-0.39, 0.29) is 5.88 Å². The summed E-state index contributed by atoms with van der Waals surface area (Å²) in [6.07, 6.45) is 5.02. The minimum absolute atomic E-state index is 0.224. The van der Waals surface area contributed by atoms with Gasteiger partial charge in [-0.15, -0.1) is 0 Å². The molecule has 6 nitrogen and oxygen atoms in total. The Morgan fingerprint density at radius 1 is 0.889 bits per heavy atom. The second-order valence-electron chi connectivity index (χ2n) is 8.15. The number of hydrogen-bond donors (Lipinski definition) is 0. The number of hydrogen-bond acceptors (Lipinski definition) is 5. The highest BCUT2D eigenvalue weighted by Crippen LogP contribution is 2.42. The summed E-state index contributed by atoms with van der Waals surface area (Å²) in [7, 11) is 3.35. The molecule has 0 spiro atoms. The fourth-order valence-electron chi connectivity index (χ4n) is 4.30. The van der Waals surface area contributed by atoms with Crippen molar-refractivity contribution in [1.29, 1.82) is 0 Å². The first-order valence-electron chi connectivity index (χ1n) is 11.0. The molecule has 0 aliphatic rings. The first-order valence-corrected chi connectivity index (χ1v) is 11.7. The average Bonchev–Trinajstić information content (AvgIpc) is 3.23. The molecule has 3 heterocycles. The topological polar surface area (TPSA) is 74.1 Å². The van der Waals surface area contributed by atoms with Crippen molar-refractivity contribution in [2.75, 3.05) is 7.11 Å². The molecule has 5 aromatic rings. The smallest absolute Gasteiger partial charge is 0.224 e. The van der Waals surface area contributed by atoms with E-state index in [0.717, 1.165) is 22.8 Å². The average molecular weight is 516 g/mol. The van der Waals surface area contributed by atoms with E-state index < -0.39 is 0 Å². The number of aryl methyl sites for hydroxylation is 1. The maximum atomic E-state index is 11.4. The van der Waals surface area contributed by atoms with E-state index in [4.69, 9.17) is 27.9 Å². The van der Waals surface area contributed by atoms with Crippen LogP contribution >= 0.6 is 23.2 Å². The van der Waals surface area contributed by atoms with Crippen molar-refractivity contribution < 1.29 is 14.3 Å². The highest BCUT2D eigenvalue weighted by atomic mass is 35.5. The van der Waals surface area contributed by atoms with Crippen molar-refractivity contribution in [3.8, 4) is 39.5 Å². The molecule has 3 aromatic heterocycles. The lowest BCUT2D eigenvalue weighted by molar-refractivity contribution is 0.111.